The standard InChI is InChI=1S/C16H24O4/c1-10(2)13(18)20-12(17)9-16(19)8-11-6-7-15(16,5)14(11,3)4/h11,19H,1,6-9H2,2-5H3/t11-,15-,16-/m1/s1. The topological polar surface area (TPSA) is 63.6 Å². The Kier molecular flexibility index (Phi) is 3.36. The molecular weight excluding hydrogens is 256 g/mol. The molecule has 4 nitrogen and oxygen atoms in total. The van der Waals surface area contributed by atoms with Crippen LogP contribution in [-0.4, -0.2) is 22.6 Å². The summed E-state index contributed by atoms with van der Waals surface area (Å²) in [7, 11) is 0. The van der Waals surface area contributed by atoms with Crippen molar-refractivity contribution in [2.24, 2.45) is 16.7 Å². The van der Waals surface area contributed by atoms with E-state index in [2.05, 4.69) is 20.4 Å². The molecule has 2 aliphatic carbocycles. The van der Waals surface area contributed by atoms with Crippen LogP contribution in [-0.2, 0) is 14.3 Å². The zero-order chi connectivity index (χ0) is 15.3. The fourth-order valence-corrected chi connectivity index (χ4v) is 4.15. The summed E-state index contributed by atoms with van der Waals surface area (Å²) in [6.45, 7) is 11.3. The number of hydrogen-bond acceptors (Lipinski definition) is 4. The lowest BCUT2D eigenvalue weighted by Crippen LogP contribution is -2.48. The van der Waals surface area contributed by atoms with Gasteiger partial charge in [0, 0.05) is 11.0 Å². The average molecular weight is 280 g/mol. The normalized spacial score (nSPS) is 37.8. The zero-order valence-corrected chi connectivity index (χ0v) is 12.8. The molecule has 1 N–H and O–H groups in total. The van der Waals surface area contributed by atoms with E-state index in [0.717, 1.165) is 12.8 Å². The van der Waals surface area contributed by atoms with Crippen molar-refractivity contribution >= 4 is 11.9 Å². The highest BCUT2D eigenvalue weighted by Crippen LogP contribution is 2.70. The van der Waals surface area contributed by atoms with Crippen molar-refractivity contribution in [2.75, 3.05) is 0 Å². The molecule has 0 aliphatic heterocycles. The van der Waals surface area contributed by atoms with Crippen LogP contribution in [0.5, 0.6) is 0 Å². The molecule has 3 atom stereocenters. The van der Waals surface area contributed by atoms with Gasteiger partial charge in [-0.05, 0) is 37.5 Å². The third-order valence-electron chi connectivity index (χ3n) is 6.04. The van der Waals surface area contributed by atoms with E-state index in [-0.39, 0.29) is 22.8 Å². The van der Waals surface area contributed by atoms with E-state index in [1.165, 1.54) is 6.92 Å². The number of carbonyl (C=O) groups excluding carboxylic acids is 2. The van der Waals surface area contributed by atoms with Crippen LogP contribution in [0.15, 0.2) is 12.2 Å². The molecule has 0 aromatic heterocycles. The van der Waals surface area contributed by atoms with E-state index in [1.54, 1.807) is 0 Å². The van der Waals surface area contributed by atoms with Crippen LogP contribution in [0.1, 0.15) is 53.4 Å². The fourth-order valence-electron chi connectivity index (χ4n) is 4.15. The minimum Gasteiger partial charge on any atom is -0.390 e. The molecule has 2 saturated carbocycles. The Labute approximate surface area is 120 Å². The maximum atomic E-state index is 11.9. The summed E-state index contributed by atoms with van der Waals surface area (Å²) >= 11 is 0. The summed E-state index contributed by atoms with van der Waals surface area (Å²) in [4.78, 5) is 23.3. The third kappa shape index (κ3) is 1.93. The van der Waals surface area contributed by atoms with Crippen LogP contribution < -0.4 is 0 Å². The quantitative estimate of drug-likeness (QED) is 0.490. The van der Waals surface area contributed by atoms with Crippen LogP contribution >= 0.6 is 0 Å². The van der Waals surface area contributed by atoms with Crippen molar-refractivity contribution in [3.05, 3.63) is 12.2 Å². The van der Waals surface area contributed by atoms with E-state index >= 15 is 0 Å². The van der Waals surface area contributed by atoms with Gasteiger partial charge in [-0.25, -0.2) is 4.79 Å². The van der Waals surface area contributed by atoms with Gasteiger partial charge in [0.05, 0.1) is 12.0 Å². The van der Waals surface area contributed by atoms with Crippen LogP contribution in [0.3, 0.4) is 0 Å². The van der Waals surface area contributed by atoms with Crippen molar-refractivity contribution in [2.45, 2.75) is 59.0 Å². The number of hydrogen-bond donors (Lipinski definition) is 1. The molecule has 112 valence electrons. The highest BCUT2D eigenvalue weighted by atomic mass is 16.6. The Morgan fingerprint density at radius 3 is 2.35 bits per heavy atom. The van der Waals surface area contributed by atoms with E-state index in [1.807, 2.05) is 6.92 Å². The first-order valence-corrected chi connectivity index (χ1v) is 7.16. The molecule has 0 heterocycles. The van der Waals surface area contributed by atoms with Crippen LogP contribution in [0, 0.1) is 16.7 Å². The molecule has 2 aliphatic rings. The van der Waals surface area contributed by atoms with Crippen molar-refractivity contribution in [1.29, 1.82) is 0 Å². The number of aliphatic hydroxyl groups is 1. The number of fused-ring (bicyclic) bond motifs is 2. The largest absolute Gasteiger partial charge is 0.390 e. The SMILES string of the molecule is C=C(C)C(=O)OC(=O)C[C@]1(O)C[C@H]2CC[C@]1(C)C2(C)C. The molecule has 0 unspecified atom stereocenters. The van der Waals surface area contributed by atoms with Gasteiger partial charge >= 0.3 is 11.9 Å². The first-order valence-electron chi connectivity index (χ1n) is 7.16. The van der Waals surface area contributed by atoms with Crippen LogP contribution in [0.2, 0.25) is 0 Å². The molecule has 2 fully saturated rings. The average Bonchev–Trinajstić information content (AvgIpc) is 2.60. The molecular formula is C16H24O4. The van der Waals surface area contributed by atoms with E-state index in [9.17, 15) is 14.7 Å². The fraction of sp³-hybridized carbons (Fsp3) is 0.750. The van der Waals surface area contributed by atoms with Crippen LogP contribution in [0.4, 0.5) is 0 Å². The van der Waals surface area contributed by atoms with Crippen molar-refractivity contribution in [3.8, 4) is 0 Å². The lowest BCUT2D eigenvalue weighted by molar-refractivity contribution is -0.165. The molecule has 0 amide bonds. The second kappa shape index (κ2) is 4.42. The maximum absolute atomic E-state index is 11.9. The van der Waals surface area contributed by atoms with Gasteiger partial charge in [0.1, 0.15) is 0 Å². The number of esters is 2. The molecule has 0 radical (unpaired) electrons. The Morgan fingerprint density at radius 1 is 1.35 bits per heavy atom. The van der Waals surface area contributed by atoms with Gasteiger partial charge in [-0.2, -0.15) is 0 Å². The molecule has 0 spiro atoms. The number of ether oxygens (including phenoxy) is 1. The van der Waals surface area contributed by atoms with Gasteiger partial charge in [0.15, 0.2) is 0 Å². The minimum absolute atomic E-state index is 0.000389. The molecule has 20 heavy (non-hydrogen) atoms. The summed E-state index contributed by atoms with van der Waals surface area (Å²) < 4.78 is 4.72. The zero-order valence-electron chi connectivity index (χ0n) is 12.8. The first-order chi connectivity index (χ1) is 9.03. The van der Waals surface area contributed by atoms with Crippen LogP contribution in [0.25, 0.3) is 0 Å². The summed E-state index contributed by atoms with van der Waals surface area (Å²) in [5.41, 5.74) is -1.20. The molecule has 0 saturated heterocycles. The number of rotatable bonds is 3. The monoisotopic (exact) mass is 280 g/mol. The summed E-state index contributed by atoms with van der Waals surface area (Å²) in [5, 5.41) is 11.0. The van der Waals surface area contributed by atoms with Gasteiger partial charge in [-0.15, -0.1) is 0 Å². The highest BCUT2D eigenvalue weighted by Gasteiger charge is 2.68. The van der Waals surface area contributed by atoms with Gasteiger partial charge in [-0.1, -0.05) is 27.4 Å². The second-order valence-electron chi connectivity index (χ2n) is 7.24. The van der Waals surface area contributed by atoms with Gasteiger partial charge in [-0.3, -0.25) is 4.79 Å². The van der Waals surface area contributed by atoms with Crippen molar-refractivity contribution in [1.82, 2.24) is 0 Å². The minimum atomic E-state index is -1.08. The predicted octanol–water partition coefficient (Wildman–Crippen LogP) is 2.60. The van der Waals surface area contributed by atoms with E-state index in [4.69, 9.17) is 4.74 Å². The van der Waals surface area contributed by atoms with Gasteiger partial charge < -0.3 is 9.84 Å². The smallest absolute Gasteiger partial charge is 0.340 e. The highest BCUT2D eigenvalue weighted by molar-refractivity contribution is 5.95. The molecule has 2 bridgehead atoms. The first kappa shape index (κ1) is 15.2. The molecule has 4 heteroatoms. The summed E-state index contributed by atoms with van der Waals surface area (Å²) in [5.74, 6) is -0.960. The van der Waals surface area contributed by atoms with E-state index in [0.29, 0.717) is 12.3 Å². The molecule has 2 rings (SSSR count). The predicted molar refractivity (Wildman–Crippen MR) is 74.7 cm³/mol. The second-order valence-corrected chi connectivity index (χ2v) is 7.24. The Morgan fingerprint density at radius 2 is 1.95 bits per heavy atom. The third-order valence-corrected chi connectivity index (χ3v) is 6.04. The van der Waals surface area contributed by atoms with E-state index < -0.39 is 17.5 Å². The molecule has 0 aromatic carbocycles. The Balaban J connectivity index is 2.12. The number of carbonyl (C=O) groups is 2. The maximum Gasteiger partial charge on any atom is 0.340 e. The Hall–Kier alpha value is -1.16. The summed E-state index contributed by atoms with van der Waals surface area (Å²) in [6.07, 6.45) is 2.48. The van der Waals surface area contributed by atoms with Gasteiger partial charge in [0.2, 0.25) is 0 Å². The molecule has 0 aromatic rings. The van der Waals surface area contributed by atoms with Crippen molar-refractivity contribution < 1.29 is 19.4 Å². The van der Waals surface area contributed by atoms with Crippen molar-refractivity contribution in [3.63, 3.8) is 0 Å². The lowest BCUT2D eigenvalue weighted by Gasteiger charge is -2.44. The summed E-state index contributed by atoms with van der Waals surface area (Å²) in [6, 6.07) is 0. The van der Waals surface area contributed by atoms with Gasteiger partial charge in [0.25, 0.3) is 0 Å². The lowest BCUT2D eigenvalue weighted by atomic mass is 9.63. The Bertz CT molecular complexity index is 479.